The minimum absolute atomic E-state index is 0.159. The highest BCUT2D eigenvalue weighted by Gasteiger charge is 2.65. The molecule has 2 nitrogen and oxygen atoms in total. The number of allylic oxidation sites excluding steroid dienone is 2. The summed E-state index contributed by atoms with van der Waals surface area (Å²) in [5, 5.41) is 9.04. The van der Waals surface area contributed by atoms with E-state index >= 15 is 0 Å². The predicted molar refractivity (Wildman–Crippen MR) is 80.3 cm³/mol. The van der Waals surface area contributed by atoms with E-state index in [-0.39, 0.29) is 10.8 Å². The number of carbonyl (C=O) groups is 1. The van der Waals surface area contributed by atoms with Crippen molar-refractivity contribution in [1.82, 2.24) is 0 Å². The Bertz CT molecular complexity index is 460. The van der Waals surface area contributed by atoms with Crippen LogP contribution in [-0.4, -0.2) is 17.5 Å². The van der Waals surface area contributed by atoms with Crippen LogP contribution in [0.1, 0.15) is 65.7 Å². The molecule has 0 amide bonds. The highest BCUT2D eigenvalue weighted by Crippen LogP contribution is 2.72. The molecule has 2 bridgehead atoms. The molecule has 1 spiro atoms. The lowest BCUT2D eigenvalue weighted by Crippen LogP contribution is -2.46. The molecule has 2 fully saturated rings. The molecule has 0 radical (unpaired) electrons. The molecule has 3 aliphatic rings. The molecule has 20 heavy (non-hydrogen) atoms. The van der Waals surface area contributed by atoms with Gasteiger partial charge in [-0.2, -0.15) is 0 Å². The quantitative estimate of drug-likeness (QED) is 0.791. The van der Waals surface area contributed by atoms with E-state index in [2.05, 4.69) is 20.8 Å². The van der Waals surface area contributed by atoms with Crippen molar-refractivity contribution in [3.63, 3.8) is 0 Å². The zero-order valence-corrected chi connectivity index (χ0v) is 13.2. The Morgan fingerprint density at radius 2 is 2.00 bits per heavy atom. The van der Waals surface area contributed by atoms with Gasteiger partial charge in [0.05, 0.1) is 0 Å². The van der Waals surface area contributed by atoms with Gasteiger partial charge in [0, 0.05) is 18.4 Å². The van der Waals surface area contributed by atoms with E-state index in [4.69, 9.17) is 5.11 Å². The van der Waals surface area contributed by atoms with Gasteiger partial charge in [-0.25, -0.2) is 0 Å². The zero-order valence-electron chi connectivity index (χ0n) is 13.2. The second-order valence-electron chi connectivity index (χ2n) is 7.79. The lowest BCUT2D eigenvalue weighted by Gasteiger charge is -2.52. The molecule has 3 rings (SSSR count). The first-order valence-electron chi connectivity index (χ1n) is 8.29. The van der Waals surface area contributed by atoms with Crippen LogP contribution in [0.5, 0.6) is 0 Å². The van der Waals surface area contributed by atoms with Crippen LogP contribution in [0.2, 0.25) is 0 Å². The zero-order chi connectivity index (χ0) is 14.5. The lowest BCUT2D eigenvalue weighted by atomic mass is 9.51. The van der Waals surface area contributed by atoms with Crippen molar-refractivity contribution in [2.24, 2.45) is 22.7 Å². The Balaban J connectivity index is 1.97. The van der Waals surface area contributed by atoms with Gasteiger partial charge in [0.1, 0.15) is 0 Å². The van der Waals surface area contributed by atoms with E-state index in [0.29, 0.717) is 18.3 Å². The number of fused-ring (bicyclic) bond motifs is 1. The monoisotopic (exact) mass is 276 g/mol. The minimum Gasteiger partial charge on any atom is -0.396 e. The average Bonchev–Trinajstić information content (AvgIpc) is 2.68. The van der Waals surface area contributed by atoms with Crippen molar-refractivity contribution < 1.29 is 9.90 Å². The van der Waals surface area contributed by atoms with Crippen LogP contribution < -0.4 is 0 Å². The van der Waals surface area contributed by atoms with Gasteiger partial charge >= 0.3 is 0 Å². The highest BCUT2D eigenvalue weighted by atomic mass is 16.2. The molecule has 2 saturated carbocycles. The van der Waals surface area contributed by atoms with Crippen molar-refractivity contribution >= 4 is 5.78 Å². The molecule has 2 heteroatoms. The largest absolute Gasteiger partial charge is 0.396 e. The molecule has 3 aliphatic carbocycles. The van der Waals surface area contributed by atoms with Gasteiger partial charge in [0.2, 0.25) is 0 Å². The summed E-state index contributed by atoms with van der Waals surface area (Å²) >= 11 is 0. The maximum atomic E-state index is 12.3. The fraction of sp³-hybridized carbons (Fsp3) is 0.833. The van der Waals surface area contributed by atoms with Crippen LogP contribution in [-0.2, 0) is 4.79 Å². The Morgan fingerprint density at radius 1 is 1.25 bits per heavy atom. The van der Waals surface area contributed by atoms with Gasteiger partial charge in [-0.1, -0.05) is 25.8 Å². The summed E-state index contributed by atoms with van der Waals surface area (Å²) < 4.78 is 0. The van der Waals surface area contributed by atoms with Gasteiger partial charge < -0.3 is 5.11 Å². The van der Waals surface area contributed by atoms with Gasteiger partial charge in [-0.05, 0) is 61.9 Å². The second-order valence-corrected chi connectivity index (χ2v) is 7.79. The summed E-state index contributed by atoms with van der Waals surface area (Å²) in [6.45, 7) is 7.18. The lowest BCUT2D eigenvalue weighted by molar-refractivity contribution is -0.120. The van der Waals surface area contributed by atoms with Crippen LogP contribution in [0.15, 0.2) is 11.1 Å². The first kappa shape index (κ1) is 14.3. The number of Topliss-reactive ketones (excluding diaryl/α,β-unsaturated/α-hetero) is 1. The molecule has 0 saturated heterocycles. The van der Waals surface area contributed by atoms with E-state index in [9.17, 15) is 4.79 Å². The van der Waals surface area contributed by atoms with Crippen LogP contribution >= 0.6 is 0 Å². The molecule has 0 aromatic rings. The molecule has 0 unspecified atom stereocenters. The van der Waals surface area contributed by atoms with Crippen molar-refractivity contribution in [3.8, 4) is 0 Å². The maximum Gasteiger partial charge on any atom is 0.159 e. The Hall–Kier alpha value is -0.630. The van der Waals surface area contributed by atoms with Crippen molar-refractivity contribution in [1.29, 1.82) is 0 Å². The molecule has 1 N–H and O–H groups in total. The molecular weight excluding hydrogens is 248 g/mol. The van der Waals surface area contributed by atoms with Crippen molar-refractivity contribution in [2.75, 3.05) is 6.61 Å². The second kappa shape index (κ2) is 4.69. The van der Waals surface area contributed by atoms with Crippen LogP contribution in [0, 0.1) is 22.7 Å². The van der Waals surface area contributed by atoms with Crippen molar-refractivity contribution in [2.45, 2.75) is 65.7 Å². The molecule has 0 heterocycles. The number of ketones is 1. The van der Waals surface area contributed by atoms with Crippen molar-refractivity contribution in [3.05, 3.63) is 11.1 Å². The first-order chi connectivity index (χ1) is 9.45. The number of carbonyl (C=O) groups excluding carboxylic acids is 1. The third-order valence-electron chi connectivity index (χ3n) is 6.99. The molecular formula is C18H28O2. The number of rotatable bonds is 4. The van der Waals surface area contributed by atoms with Crippen LogP contribution in [0.3, 0.4) is 0 Å². The molecule has 3 atom stereocenters. The Labute approximate surface area is 122 Å². The molecule has 0 aromatic carbocycles. The summed E-state index contributed by atoms with van der Waals surface area (Å²) in [7, 11) is 0. The fourth-order valence-electron chi connectivity index (χ4n) is 5.73. The van der Waals surface area contributed by atoms with Crippen LogP contribution in [0.25, 0.3) is 0 Å². The molecule has 112 valence electrons. The SMILES string of the molecule is CC1=C2C[C@H]3CC[C@@H](CCCCO)[C@]2(CC1=O)C3(C)C. The smallest absolute Gasteiger partial charge is 0.159 e. The topological polar surface area (TPSA) is 37.3 Å². The third-order valence-corrected chi connectivity index (χ3v) is 6.99. The molecule has 0 aromatic heterocycles. The van der Waals surface area contributed by atoms with Gasteiger partial charge in [0.15, 0.2) is 5.78 Å². The molecule has 0 aliphatic heterocycles. The predicted octanol–water partition coefficient (Wildman–Crippen LogP) is 3.88. The summed E-state index contributed by atoms with van der Waals surface area (Å²) in [5.74, 6) is 1.83. The summed E-state index contributed by atoms with van der Waals surface area (Å²) in [6.07, 6.45) is 7.73. The van der Waals surface area contributed by atoms with E-state index in [1.165, 1.54) is 31.3 Å². The normalized spacial score (nSPS) is 38.5. The number of aliphatic hydroxyl groups excluding tert-OH is 1. The Kier molecular flexibility index (Phi) is 3.36. The number of hydrogen-bond acceptors (Lipinski definition) is 2. The van der Waals surface area contributed by atoms with Gasteiger partial charge in [-0.3, -0.25) is 4.79 Å². The van der Waals surface area contributed by atoms with E-state index < -0.39 is 0 Å². The summed E-state index contributed by atoms with van der Waals surface area (Å²) in [6, 6.07) is 0. The Morgan fingerprint density at radius 3 is 2.70 bits per heavy atom. The first-order valence-corrected chi connectivity index (χ1v) is 8.29. The maximum absolute atomic E-state index is 12.3. The fourth-order valence-corrected chi connectivity index (χ4v) is 5.73. The third kappa shape index (κ3) is 1.63. The number of unbranched alkanes of at least 4 members (excludes halogenated alkanes) is 1. The highest BCUT2D eigenvalue weighted by molar-refractivity contribution is 6.00. The van der Waals surface area contributed by atoms with Crippen LogP contribution in [0.4, 0.5) is 0 Å². The number of hydrogen-bond donors (Lipinski definition) is 1. The van der Waals surface area contributed by atoms with E-state index in [1.807, 2.05) is 0 Å². The van der Waals surface area contributed by atoms with E-state index in [1.54, 1.807) is 0 Å². The minimum atomic E-state index is 0.159. The average molecular weight is 276 g/mol. The summed E-state index contributed by atoms with van der Waals surface area (Å²) in [5.41, 5.74) is 3.04. The van der Waals surface area contributed by atoms with Gasteiger partial charge in [-0.15, -0.1) is 0 Å². The summed E-state index contributed by atoms with van der Waals surface area (Å²) in [4.78, 5) is 12.3. The standard InChI is InChI=1S/C18H28O2/c1-12-15-10-14-8-7-13(6-4-5-9-19)18(15,11-16(12)20)17(14,2)3/h13-14,19H,4-11H2,1-3H3/t13-,14-,18+/m1/s1. The van der Waals surface area contributed by atoms with Gasteiger partial charge in [0.25, 0.3) is 0 Å². The number of aliphatic hydroxyl groups is 1. The van der Waals surface area contributed by atoms with E-state index in [0.717, 1.165) is 30.8 Å².